The van der Waals surface area contributed by atoms with Crippen molar-refractivity contribution in [3.05, 3.63) is 29.8 Å². The van der Waals surface area contributed by atoms with Gasteiger partial charge < -0.3 is 0 Å². The normalized spacial score (nSPS) is 21.1. The summed E-state index contributed by atoms with van der Waals surface area (Å²) in [5.41, 5.74) is 0.966. The zero-order chi connectivity index (χ0) is 12.8. The molecule has 17 heavy (non-hydrogen) atoms. The van der Waals surface area contributed by atoms with Crippen LogP contribution in [0, 0.1) is 0 Å². The molecule has 0 saturated carbocycles. The summed E-state index contributed by atoms with van der Waals surface area (Å²) in [7, 11) is -3.63. The molecule has 0 spiro atoms. The lowest BCUT2D eigenvalue weighted by molar-refractivity contribution is 0.0951. The zero-order valence-electron chi connectivity index (χ0n) is 10.1. The average molecular weight is 253 g/mol. The van der Waals surface area contributed by atoms with E-state index in [9.17, 15) is 13.2 Å². The monoisotopic (exact) mass is 253 g/mol. The third kappa shape index (κ3) is 1.42. The first-order valence-corrected chi connectivity index (χ1v) is 6.94. The van der Waals surface area contributed by atoms with Gasteiger partial charge in [0.1, 0.15) is 4.75 Å². The quantitative estimate of drug-likeness (QED) is 0.767. The molecule has 0 unspecified atom stereocenters. The molecule has 1 aliphatic rings. The number of hydrogen-bond donors (Lipinski definition) is 0. The van der Waals surface area contributed by atoms with Crippen molar-refractivity contribution in [2.75, 3.05) is 10.8 Å². The van der Waals surface area contributed by atoms with Gasteiger partial charge in [-0.15, -0.1) is 0 Å². The van der Waals surface area contributed by atoms with E-state index in [0.29, 0.717) is 17.8 Å². The van der Waals surface area contributed by atoms with E-state index in [0.717, 1.165) is 0 Å². The fraction of sp³-hybridized carbons (Fsp3) is 0.417. The second-order valence-corrected chi connectivity index (χ2v) is 6.94. The number of hydrogen-bond acceptors (Lipinski definition) is 3. The van der Waals surface area contributed by atoms with Crippen LogP contribution in [-0.4, -0.2) is 25.5 Å². The van der Waals surface area contributed by atoms with Gasteiger partial charge in [-0.25, -0.2) is 8.42 Å². The molecule has 1 aliphatic heterocycles. The summed E-state index contributed by atoms with van der Waals surface area (Å²) < 4.78 is 24.6. The highest BCUT2D eigenvalue weighted by molar-refractivity contribution is 7.95. The number of rotatable bonds is 1. The minimum Gasteiger partial charge on any atom is -0.292 e. The molecule has 92 valence electrons. The van der Waals surface area contributed by atoms with Crippen molar-refractivity contribution in [2.24, 2.45) is 0 Å². The van der Waals surface area contributed by atoms with Gasteiger partial charge in [0.25, 0.3) is 0 Å². The molecule has 0 bridgehead atoms. The predicted molar refractivity (Wildman–Crippen MR) is 66.8 cm³/mol. The first kappa shape index (κ1) is 12.1. The first-order valence-electron chi connectivity index (χ1n) is 5.50. The van der Waals surface area contributed by atoms with Gasteiger partial charge in [-0.1, -0.05) is 12.1 Å². The number of para-hydroxylation sites is 1. The Morgan fingerprint density at radius 3 is 2.41 bits per heavy atom. The number of Topliss-reactive ketones (excluding diaryl/α,β-unsaturated/α-hetero) is 1. The van der Waals surface area contributed by atoms with Crippen LogP contribution < -0.4 is 4.31 Å². The molecule has 1 aromatic carbocycles. The Kier molecular flexibility index (Phi) is 2.54. The summed E-state index contributed by atoms with van der Waals surface area (Å²) in [6.07, 6.45) is 0. The number of carbonyl (C=O) groups excluding carboxylic acids is 1. The average Bonchev–Trinajstić information content (AvgIpc) is 2.28. The number of benzene rings is 1. The summed E-state index contributed by atoms with van der Waals surface area (Å²) in [6, 6.07) is 6.83. The highest BCUT2D eigenvalue weighted by Crippen LogP contribution is 2.38. The Bertz CT molecular complexity index is 575. The number of ketones is 1. The first-order chi connectivity index (χ1) is 7.84. The number of carbonyl (C=O) groups is 1. The summed E-state index contributed by atoms with van der Waals surface area (Å²) in [6.45, 7) is 5.02. The van der Waals surface area contributed by atoms with Crippen LogP contribution in [0.25, 0.3) is 0 Å². The van der Waals surface area contributed by atoms with Gasteiger partial charge >= 0.3 is 0 Å². The van der Waals surface area contributed by atoms with Gasteiger partial charge in [-0.05, 0) is 32.9 Å². The zero-order valence-corrected chi connectivity index (χ0v) is 10.9. The SMILES string of the molecule is CCN1c2ccccc2C(=O)C(C)(C)S1(=O)=O. The van der Waals surface area contributed by atoms with Crippen LogP contribution in [0.4, 0.5) is 5.69 Å². The largest absolute Gasteiger partial charge is 0.292 e. The maximum absolute atomic E-state index is 12.3. The molecular weight excluding hydrogens is 238 g/mol. The van der Waals surface area contributed by atoms with Gasteiger partial charge in [-0.2, -0.15) is 0 Å². The van der Waals surface area contributed by atoms with E-state index in [2.05, 4.69) is 0 Å². The Hall–Kier alpha value is -1.36. The number of anilines is 1. The second kappa shape index (κ2) is 3.57. The van der Waals surface area contributed by atoms with Crippen LogP contribution in [0.1, 0.15) is 31.1 Å². The van der Waals surface area contributed by atoms with E-state index in [1.54, 1.807) is 31.2 Å². The molecule has 1 aromatic rings. The molecule has 0 atom stereocenters. The smallest absolute Gasteiger partial charge is 0.247 e. The molecule has 2 rings (SSSR count). The molecule has 0 fully saturated rings. The fourth-order valence-corrected chi connectivity index (χ4v) is 3.72. The van der Waals surface area contributed by atoms with E-state index < -0.39 is 14.8 Å². The maximum atomic E-state index is 12.3. The Labute approximate surface area is 101 Å². The summed E-state index contributed by atoms with van der Waals surface area (Å²) in [4.78, 5) is 12.2. The molecule has 0 saturated heterocycles. The molecule has 0 aliphatic carbocycles. The highest BCUT2D eigenvalue weighted by atomic mass is 32.2. The van der Waals surface area contributed by atoms with E-state index >= 15 is 0 Å². The van der Waals surface area contributed by atoms with Crippen molar-refractivity contribution < 1.29 is 13.2 Å². The van der Waals surface area contributed by atoms with Gasteiger partial charge in [-0.3, -0.25) is 9.10 Å². The van der Waals surface area contributed by atoms with Gasteiger partial charge in [0, 0.05) is 12.1 Å². The fourth-order valence-electron chi connectivity index (χ4n) is 2.07. The van der Waals surface area contributed by atoms with Crippen LogP contribution in [0.3, 0.4) is 0 Å². The molecule has 1 heterocycles. The Morgan fingerprint density at radius 2 is 1.82 bits per heavy atom. The van der Waals surface area contributed by atoms with Crippen molar-refractivity contribution in [3.63, 3.8) is 0 Å². The molecule has 0 aromatic heterocycles. The van der Waals surface area contributed by atoms with E-state index in [1.165, 1.54) is 18.2 Å². The topological polar surface area (TPSA) is 54.5 Å². The van der Waals surface area contributed by atoms with E-state index in [1.807, 2.05) is 0 Å². The minimum atomic E-state index is -3.63. The number of fused-ring (bicyclic) bond motifs is 1. The lowest BCUT2D eigenvalue weighted by Gasteiger charge is -2.38. The third-order valence-corrected chi connectivity index (χ3v) is 5.70. The molecule has 0 N–H and O–H groups in total. The minimum absolute atomic E-state index is 0.329. The number of nitrogens with zero attached hydrogens (tertiary/aromatic N) is 1. The van der Waals surface area contributed by atoms with Crippen LogP contribution in [-0.2, 0) is 10.0 Å². The van der Waals surface area contributed by atoms with Crippen molar-refractivity contribution >= 4 is 21.5 Å². The van der Waals surface area contributed by atoms with E-state index in [-0.39, 0.29) is 5.78 Å². The molecule has 0 amide bonds. The van der Waals surface area contributed by atoms with E-state index in [4.69, 9.17) is 0 Å². The van der Waals surface area contributed by atoms with Crippen LogP contribution >= 0.6 is 0 Å². The molecular formula is C12H15NO3S. The van der Waals surface area contributed by atoms with Gasteiger partial charge in [0.05, 0.1) is 5.69 Å². The van der Waals surface area contributed by atoms with Crippen molar-refractivity contribution in [1.82, 2.24) is 0 Å². The highest BCUT2D eigenvalue weighted by Gasteiger charge is 2.50. The summed E-state index contributed by atoms with van der Waals surface area (Å²) >= 11 is 0. The lowest BCUT2D eigenvalue weighted by Crippen LogP contribution is -2.53. The second-order valence-electron chi connectivity index (χ2n) is 4.53. The third-order valence-electron chi connectivity index (χ3n) is 3.19. The maximum Gasteiger partial charge on any atom is 0.247 e. The lowest BCUT2D eigenvalue weighted by atomic mass is 9.98. The molecule has 4 nitrogen and oxygen atoms in total. The van der Waals surface area contributed by atoms with Crippen molar-refractivity contribution in [3.8, 4) is 0 Å². The Morgan fingerprint density at radius 1 is 1.24 bits per heavy atom. The molecule has 5 heteroatoms. The van der Waals surface area contributed by atoms with Gasteiger partial charge in [0.2, 0.25) is 10.0 Å². The van der Waals surface area contributed by atoms with Crippen molar-refractivity contribution in [1.29, 1.82) is 0 Å². The van der Waals surface area contributed by atoms with Gasteiger partial charge in [0.15, 0.2) is 5.78 Å². The Balaban J connectivity index is 2.80. The number of sulfonamides is 1. The van der Waals surface area contributed by atoms with Crippen LogP contribution in [0.5, 0.6) is 0 Å². The van der Waals surface area contributed by atoms with Crippen LogP contribution in [0.2, 0.25) is 0 Å². The van der Waals surface area contributed by atoms with Crippen molar-refractivity contribution in [2.45, 2.75) is 25.5 Å². The standard InChI is InChI=1S/C12H15NO3S/c1-4-13-10-8-6-5-7-9(10)11(14)12(2,3)17(13,15)16/h5-8H,4H2,1-3H3. The summed E-state index contributed by atoms with van der Waals surface area (Å²) in [5, 5.41) is 0. The van der Waals surface area contributed by atoms with Crippen LogP contribution in [0.15, 0.2) is 24.3 Å². The predicted octanol–water partition coefficient (Wildman–Crippen LogP) is 1.82. The summed E-state index contributed by atoms with van der Waals surface area (Å²) in [5.74, 6) is -0.335. The molecule has 0 radical (unpaired) electrons.